The van der Waals surface area contributed by atoms with Crippen LogP contribution in [0, 0.1) is 49.6 Å². The molecule has 2 atom stereocenters. The van der Waals surface area contributed by atoms with Crippen LogP contribution in [-0.4, -0.2) is 85.8 Å². The first-order chi connectivity index (χ1) is 48.5. The van der Waals surface area contributed by atoms with Gasteiger partial charge in [0, 0.05) is 75.3 Å². The van der Waals surface area contributed by atoms with E-state index in [1.807, 2.05) is 36.4 Å². The van der Waals surface area contributed by atoms with Crippen LogP contribution in [0.3, 0.4) is 0 Å². The van der Waals surface area contributed by atoms with Crippen LogP contribution in [0.25, 0.3) is 0 Å². The van der Waals surface area contributed by atoms with Crippen molar-refractivity contribution in [1.82, 2.24) is 20.9 Å². The monoisotopic (exact) mass is 1450 g/mol. The van der Waals surface area contributed by atoms with Crippen molar-refractivity contribution in [2.75, 3.05) is 43.5 Å². The maximum Gasteiger partial charge on any atom is 0.226 e. The Morgan fingerprint density at radius 2 is 1.08 bits per heavy atom. The molecular formula is C87H132FN7O8S. The third-order valence-electron chi connectivity index (χ3n) is 17.7. The molecule has 15 nitrogen and oxygen atoms in total. The molecule has 0 radical (unpaired) electrons. The van der Waals surface area contributed by atoms with Gasteiger partial charge in [-0.3, -0.25) is 28.8 Å². The van der Waals surface area contributed by atoms with Gasteiger partial charge < -0.3 is 40.5 Å². The molecule has 0 spiro atoms. The molecule has 6 amide bonds. The van der Waals surface area contributed by atoms with Crippen LogP contribution in [0.5, 0.6) is 11.5 Å². The zero-order valence-corrected chi connectivity index (χ0v) is 68.2. The number of nitrogens with zero attached hydrogens (tertiary/aromatic N) is 3. The number of fused-ring (bicyclic) bond motifs is 2. The average molecular weight is 1460 g/mol. The number of carbonyl (C=O) groups is 6. The SMILES string of the molecule is CC(C)(C)CCC(=O)NC1CCc2ccccc21.CC(C)(C)CCC(=O)NCC1COc2ccccc2O1.CC(C)(C)CCC(=O)NCCc1cccs1.CC(C)(C)CCC(=O)Nc1ccccc1F.CCN(C(=O)CCC(C)(C)C)C1CCCC1.CN(C(=O)CCC(C)(C)C)c1cccc(C#N)c1. The molecule has 1 saturated carbocycles. The number of halogens is 1. The number of amides is 6. The molecule has 2 unspecified atom stereocenters. The number of anilines is 2. The fourth-order valence-electron chi connectivity index (χ4n) is 11.1. The van der Waals surface area contributed by atoms with Gasteiger partial charge in [-0.15, -0.1) is 11.3 Å². The highest BCUT2D eigenvalue weighted by Crippen LogP contribution is 2.34. The first-order valence-corrected chi connectivity index (χ1v) is 38.8. The summed E-state index contributed by atoms with van der Waals surface area (Å²) in [6.07, 6.45) is 16.8. The van der Waals surface area contributed by atoms with Crippen molar-refractivity contribution in [2.45, 2.75) is 272 Å². The van der Waals surface area contributed by atoms with Crippen molar-refractivity contribution in [3.8, 4) is 17.6 Å². The molecule has 3 aliphatic rings. The van der Waals surface area contributed by atoms with E-state index >= 15 is 0 Å². The van der Waals surface area contributed by atoms with E-state index in [-0.39, 0.29) is 79.9 Å². The summed E-state index contributed by atoms with van der Waals surface area (Å²) < 4.78 is 24.6. The number of hydrogen-bond acceptors (Lipinski definition) is 10. The predicted octanol–water partition coefficient (Wildman–Crippen LogP) is 20.2. The van der Waals surface area contributed by atoms with Gasteiger partial charge in [-0.25, -0.2) is 4.39 Å². The lowest BCUT2D eigenvalue weighted by atomic mass is 9.90. The topological polar surface area (TPSA) is 199 Å². The van der Waals surface area contributed by atoms with Crippen molar-refractivity contribution in [3.05, 3.63) is 142 Å². The van der Waals surface area contributed by atoms with E-state index < -0.39 is 5.82 Å². The Balaban J connectivity index is 0.000000325. The molecular weight excluding hydrogens is 1320 g/mol. The van der Waals surface area contributed by atoms with Gasteiger partial charge in [0.2, 0.25) is 35.4 Å². The van der Waals surface area contributed by atoms with Crippen LogP contribution in [0.1, 0.15) is 268 Å². The van der Waals surface area contributed by atoms with Gasteiger partial charge in [-0.2, -0.15) is 5.26 Å². The Bertz CT molecular complexity index is 3420. The number of rotatable bonds is 22. The molecule has 8 rings (SSSR count). The van der Waals surface area contributed by atoms with Gasteiger partial charge in [0.1, 0.15) is 18.5 Å². The van der Waals surface area contributed by atoms with Crippen LogP contribution in [0.15, 0.2) is 115 Å². The highest BCUT2D eigenvalue weighted by atomic mass is 32.1. The Kier molecular flexibility index (Phi) is 38.7. The van der Waals surface area contributed by atoms with Crippen molar-refractivity contribution in [2.24, 2.45) is 32.5 Å². The molecule has 1 aromatic heterocycles. The first kappa shape index (κ1) is 90.6. The summed E-state index contributed by atoms with van der Waals surface area (Å²) in [5.41, 5.74) is 5.48. The van der Waals surface area contributed by atoms with Gasteiger partial charge in [-0.05, 0) is 175 Å². The number of aryl methyl sites for hydroxylation is 1. The van der Waals surface area contributed by atoms with Crippen LogP contribution in [0.2, 0.25) is 0 Å². The minimum Gasteiger partial charge on any atom is -0.486 e. The fourth-order valence-corrected chi connectivity index (χ4v) is 11.8. The van der Waals surface area contributed by atoms with E-state index in [4.69, 9.17) is 14.7 Å². The largest absolute Gasteiger partial charge is 0.486 e. The number of carbonyl (C=O) groups excluding carboxylic acids is 6. The molecule has 576 valence electrons. The Labute approximate surface area is 630 Å². The number of benzene rings is 4. The second kappa shape index (κ2) is 44.4. The number of ether oxygens (including phenoxy) is 2. The van der Waals surface area contributed by atoms with E-state index in [0.717, 1.165) is 88.1 Å². The zero-order valence-electron chi connectivity index (χ0n) is 67.4. The maximum absolute atomic E-state index is 13.2. The van der Waals surface area contributed by atoms with Crippen molar-refractivity contribution < 1.29 is 42.6 Å². The first-order valence-electron chi connectivity index (χ1n) is 37.9. The van der Waals surface area contributed by atoms with Gasteiger partial charge in [0.25, 0.3) is 0 Å². The third-order valence-corrected chi connectivity index (χ3v) is 18.7. The van der Waals surface area contributed by atoms with E-state index in [0.29, 0.717) is 69.2 Å². The predicted molar refractivity (Wildman–Crippen MR) is 427 cm³/mol. The smallest absolute Gasteiger partial charge is 0.226 e. The maximum atomic E-state index is 13.2. The number of para-hydroxylation sites is 3. The van der Waals surface area contributed by atoms with Crippen molar-refractivity contribution in [1.29, 1.82) is 5.26 Å². The normalized spacial score (nSPS) is 14.7. The van der Waals surface area contributed by atoms with Gasteiger partial charge >= 0.3 is 0 Å². The van der Waals surface area contributed by atoms with Gasteiger partial charge in [0.15, 0.2) is 11.5 Å². The van der Waals surface area contributed by atoms with Crippen molar-refractivity contribution >= 4 is 58.2 Å². The van der Waals surface area contributed by atoms with Crippen LogP contribution in [-0.2, 0) is 41.6 Å². The van der Waals surface area contributed by atoms with Crippen LogP contribution >= 0.6 is 11.3 Å². The molecule has 2 heterocycles. The standard InChI is InChI=1S/C16H23NO3.C16H23NO.C15H20N2O.C14H27NO.C13H18FNO.C13H21NOS/c1-16(2,3)9-8-15(18)17-10-12-11-19-13-6-4-5-7-14(13)20-12;1-16(2,3)11-10-15(18)17-14-9-8-12-6-4-5-7-13(12)14;1-15(2,3)9-8-14(18)17(4)13-7-5-6-12(10-13)11-16;1-5-15(12-8-6-7-9-12)13(16)10-11-14(2,3)4;1-13(2,3)9-8-12(16)15-11-7-5-4-6-10(11)14;1-13(2,3)8-6-12(15)14-9-7-11-5-4-10-16-11/h4-7,12H,8-11H2,1-3H3,(H,17,18);4-7,14H,8-11H2,1-3H3,(H,17,18);5-7,10H,8-9H2,1-4H3;12H,5-11H2,1-4H3;4-7H,8-9H2,1-3H3,(H,15,16);4-5,10H,6-9H2,1-3H3,(H,14,15). The third kappa shape index (κ3) is 40.6. The number of thiophene rings is 1. The summed E-state index contributed by atoms with van der Waals surface area (Å²) >= 11 is 1.74. The Hall–Kier alpha value is -7.58. The average Bonchev–Trinajstić information content (AvgIpc) is 1.73. The minimum absolute atomic E-state index is 0.0717. The Morgan fingerprint density at radius 1 is 0.567 bits per heavy atom. The van der Waals surface area contributed by atoms with Gasteiger partial charge in [0.05, 0.1) is 29.9 Å². The van der Waals surface area contributed by atoms with Crippen molar-refractivity contribution in [3.63, 3.8) is 0 Å². The van der Waals surface area contributed by atoms with Crippen LogP contribution < -0.4 is 35.6 Å². The summed E-state index contributed by atoms with van der Waals surface area (Å²) in [5, 5.41) is 22.5. The molecule has 5 aromatic rings. The summed E-state index contributed by atoms with van der Waals surface area (Å²) in [4.78, 5) is 76.0. The summed E-state index contributed by atoms with van der Waals surface area (Å²) in [5.74, 6) is 1.85. The summed E-state index contributed by atoms with van der Waals surface area (Å²) in [6.45, 7) is 43.3. The minimum atomic E-state index is -0.397. The second-order valence-corrected chi connectivity index (χ2v) is 36.0. The lowest BCUT2D eigenvalue weighted by Gasteiger charge is -2.29. The zero-order chi connectivity index (χ0) is 77.9. The van der Waals surface area contributed by atoms with E-state index in [9.17, 15) is 33.2 Å². The van der Waals surface area contributed by atoms with Crippen LogP contribution in [0.4, 0.5) is 15.8 Å². The molecule has 1 aliphatic heterocycles. The van der Waals surface area contributed by atoms with E-state index in [2.05, 4.69) is 199 Å². The quantitative estimate of drug-likeness (QED) is 0.0521. The lowest BCUT2D eigenvalue weighted by Crippen LogP contribution is -2.40. The molecule has 17 heteroatoms. The van der Waals surface area contributed by atoms with E-state index in [1.54, 1.807) is 59.7 Å². The van der Waals surface area contributed by atoms with Gasteiger partial charge in [-0.1, -0.05) is 198 Å². The second-order valence-electron chi connectivity index (χ2n) is 35.0. The number of nitriles is 1. The van der Waals surface area contributed by atoms with E-state index in [1.165, 1.54) is 47.8 Å². The highest BCUT2D eigenvalue weighted by molar-refractivity contribution is 7.09. The molecule has 0 saturated heterocycles. The molecule has 0 bridgehead atoms. The summed E-state index contributed by atoms with van der Waals surface area (Å²) in [7, 11) is 1.75. The molecule has 4 aromatic carbocycles. The molecule has 1 fully saturated rings. The fraction of sp³-hybridized carbons (Fsp3) is 0.598. The number of nitrogens with one attached hydrogen (secondary N) is 4. The molecule has 2 aliphatic carbocycles. The Morgan fingerprint density at radius 3 is 1.62 bits per heavy atom. The molecule has 4 N–H and O–H groups in total. The highest BCUT2D eigenvalue weighted by Gasteiger charge is 2.28. The molecule has 104 heavy (non-hydrogen) atoms. The number of hydrogen-bond donors (Lipinski definition) is 4. The summed E-state index contributed by atoms with van der Waals surface area (Å²) in [6, 6.07) is 36.3. The lowest BCUT2D eigenvalue weighted by molar-refractivity contribution is -0.134.